The van der Waals surface area contributed by atoms with Gasteiger partial charge in [0.2, 0.25) is 26.5 Å². The minimum Gasteiger partial charge on any atom is -0.485 e. The Balaban J connectivity index is 1.46. The normalized spacial score (nSPS) is 12.6. The third kappa shape index (κ3) is 5.53. The van der Waals surface area contributed by atoms with Gasteiger partial charge in [-0.15, -0.1) is 5.10 Å². The second kappa shape index (κ2) is 11.1. The summed E-state index contributed by atoms with van der Waals surface area (Å²) in [5.41, 5.74) is 1.40. The highest BCUT2D eigenvalue weighted by molar-refractivity contribution is 7.91. The fraction of sp³-hybridized carbons (Fsp3) is 0.269. The average molecular weight is 584 g/mol. The molecular formula is C26H26FN7O6S. The van der Waals surface area contributed by atoms with Gasteiger partial charge in [-0.25, -0.2) is 22.5 Å². The van der Waals surface area contributed by atoms with Gasteiger partial charge in [0.15, 0.2) is 17.8 Å². The van der Waals surface area contributed by atoms with Crippen molar-refractivity contribution in [1.29, 1.82) is 0 Å². The lowest BCUT2D eigenvalue weighted by atomic mass is 10.2. The lowest BCUT2D eigenvalue weighted by Gasteiger charge is -2.13. The molecule has 1 aromatic carbocycles. The maximum atomic E-state index is 15.0. The van der Waals surface area contributed by atoms with Crippen molar-refractivity contribution < 1.29 is 31.5 Å². The topological polar surface area (TPSA) is 156 Å². The SMILES string of the molecule is CCOC(C)n1cc(-c2ncn3nc(Nc4ccc(S(=O)(=O)c5ccc(C=O)o5)cc4F)nc3c2OC(C)C)cn1. The van der Waals surface area contributed by atoms with Gasteiger partial charge in [-0.2, -0.15) is 14.6 Å². The van der Waals surface area contributed by atoms with E-state index in [4.69, 9.17) is 13.9 Å². The van der Waals surface area contributed by atoms with Crippen LogP contribution >= 0.6 is 0 Å². The highest BCUT2D eigenvalue weighted by Crippen LogP contribution is 2.33. The smallest absolute Gasteiger partial charge is 0.247 e. The quantitative estimate of drug-likeness (QED) is 0.219. The van der Waals surface area contributed by atoms with Gasteiger partial charge in [0.1, 0.15) is 24.1 Å². The Morgan fingerprint density at radius 2 is 2.00 bits per heavy atom. The second-order valence-electron chi connectivity index (χ2n) is 9.10. The van der Waals surface area contributed by atoms with Crippen molar-refractivity contribution in [2.24, 2.45) is 0 Å². The number of furan rings is 1. The highest BCUT2D eigenvalue weighted by Gasteiger charge is 2.24. The number of nitrogens with one attached hydrogen (secondary N) is 1. The lowest BCUT2D eigenvalue weighted by molar-refractivity contribution is 0.0160. The van der Waals surface area contributed by atoms with Crippen LogP contribution in [0.3, 0.4) is 0 Å². The molecule has 4 heterocycles. The van der Waals surface area contributed by atoms with Crippen molar-refractivity contribution in [2.75, 3.05) is 11.9 Å². The summed E-state index contributed by atoms with van der Waals surface area (Å²) in [5, 5.41) is 11.0. The Bertz CT molecular complexity index is 1830. The number of hydrogen-bond donors (Lipinski definition) is 1. The zero-order valence-corrected chi connectivity index (χ0v) is 23.3. The first-order valence-corrected chi connectivity index (χ1v) is 14.0. The molecule has 0 radical (unpaired) electrons. The van der Waals surface area contributed by atoms with E-state index in [1.807, 2.05) is 27.7 Å². The largest absolute Gasteiger partial charge is 0.485 e. The van der Waals surface area contributed by atoms with Gasteiger partial charge in [-0.1, -0.05) is 0 Å². The van der Waals surface area contributed by atoms with Gasteiger partial charge in [0.25, 0.3) is 0 Å². The van der Waals surface area contributed by atoms with Crippen LogP contribution in [0.1, 0.15) is 44.5 Å². The van der Waals surface area contributed by atoms with Crippen LogP contribution < -0.4 is 10.1 Å². The molecule has 1 atom stereocenters. The Kier molecular flexibility index (Phi) is 7.55. The summed E-state index contributed by atoms with van der Waals surface area (Å²) in [7, 11) is -4.18. The van der Waals surface area contributed by atoms with E-state index in [2.05, 4.69) is 25.5 Å². The average Bonchev–Trinajstić information content (AvgIpc) is 3.69. The molecule has 13 nitrogen and oxygen atoms in total. The zero-order valence-electron chi connectivity index (χ0n) is 22.5. The molecule has 1 unspecified atom stereocenters. The number of nitrogens with zero attached hydrogens (tertiary/aromatic N) is 6. The van der Waals surface area contributed by atoms with Crippen LogP contribution in [0.4, 0.5) is 16.0 Å². The number of halogens is 1. The minimum absolute atomic E-state index is 0.0226. The number of anilines is 2. The van der Waals surface area contributed by atoms with Gasteiger partial charge in [-0.05, 0) is 58.0 Å². The number of carbonyl (C=O) groups is 1. The number of carbonyl (C=O) groups excluding carboxylic acids is 1. The predicted molar refractivity (Wildman–Crippen MR) is 143 cm³/mol. The summed E-state index contributed by atoms with van der Waals surface area (Å²) in [6.45, 7) is 8.02. The van der Waals surface area contributed by atoms with Crippen molar-refractivity contribution in [1.82, 2.24) is 29.4 Å². The minimum atomic E-state index is -4.18. The molecule has 41 heavy (non-hydrogen) atoms. The lowest BCUT2D eigenvalue weighted by Crippen LogP contribution is -2.10. The number of aromatic nitrogens is 6. The first kappa shape index (κ1) is 27.9. The third-order valence-electron chi connectivity index (χ3n) is 5.84. The van der Waals surface area contributed by atoms with E-state index >= 15 is 4.39 Å². The van der Waals surface area contributed by atoms with Gasteiger partial charge in [0.05, 0.1) is 22.9 Å². The maximum absolute atomic E-state index is 15.0. The molecule has 0 fully saturated rings. The van der Waals surface area contributed by atoms with Crippen molar-refractivity contribution in [2.45, 2.75) is 50.0 Å². The molecule has 5 rings (SSSR count). The van der Waals surface area contributed by atoms with Crippen LogP contribution in [-0.2, 0) is 14.6 Å². The van der Waals surface area contributed by atoms with Crippen LogP contribution in [0, 0.1) is 5.82 Å². The van der Waals surface area contributed by atoms with Crippen LogP contribution in [0.2, 0.25) is 0 Å². The van der Waals surface area contributed by atoms with E-state index in [1.165, 1.54) is 29.0 Å². The molecule has 1 N–H and O–H groups in total. The summed E-state index contributed by atoms with van der Waals surface area (Å²) in [5.74, 6) is -0.663. The molecule has 0 saturated carbocycles. The zero-order chi connectivity index (χ0) is 29.3. The van der Waals surface area contributed by atoms with E-state index < -0.39 is 20.7 Å². The number of hydrogen-bond acceptors (Lipinski definition) is 11. The van der Waals surface area contributed by atoms with Crippen molar-refractivity contribution >= 4 is 33.4 Å². The molecule has 0 bridgehead atoms. The molecule has 214 valence electrons. The van der Waals surface area contributed by atoms with Crippen molar-refractivity contribution in [3.8, 4) is 17.0 Å². The number of benzene rings is 1. The van der Waals surface area contributed by atoms with Gasteiger partial charge in [0, 0.05) is 18.4 Å². The molecule has 0 aliphatic rings. The van der Waals surface area contributed by atoms with E-state index in [0.29, 0.717) is 35.5 Å². The summed E-state index contributed by atoms with van der Waals surface area (Å²) >= 11 is 0. The number of sulfone groups is 1. The molecule has 0 saturated heterocycles. The Morgan fingerprint density at radius 3 is 2.68 bits per heavy atom. The van der Waals surface area contributed by atoms with Crippen LogP contribution in [0.15, 0.2) is 63.5 Å². The van der Waals surface area contributed by atoms with E-state index in [-0.39, 0.29) is 34.6 Å². The Morgan fingerprint density at radius 1 is 1.20 bits per heavy atom. The second-order valence-corrected chi connectivity index (χ2v) is 11.0. The van der Waals surface area contributed by atoms with Gasteiger partial charge < -0.3 is 19.2 Å². The van der Waals surface area contributed by atoms with Gasteiger partial charge >= 0.3 is 0 Å². The van der Waals surface area contributed by atoms with Crippen LogP contribution in [0.5, 0.6) is 5.75 Å². The number of rotatable bonds is 11. The number of aldehydes is 1. The number of fused-ring (bicyclic) bond motifs is 1. The Hall–Kier alpha value is -4.63. The summed E-state index contributed by atoms with van der Waals surface area (Å²) in [6.07, 6.45) is 4.75. The van der Waals surface area contributed by atoms with Gasteiger partial charge in [-0.3, -0.25) is 4.79 Å². The molecule has 0 spiro atoms. The Labute approximate surface area is 233 Å². The van der Waals surface area contributed by atoms with Crippen molar-refractivity contribution in [3.05, 3.63) is 60.6 Å². The first-order valence-electron chi connectivity index (χ1n) is 12.6. The maximum Gasteiger partial charge on any atom is 0.247 e. The van der Waals surface area contributed by atoms with Crippen LogP contribution in [0.25, 0.3) is 16.9 Å². The molecule has 4 aromatic heterocycles. The van der Waals surface area contributed by atoms with E-state index in [1.54, 1.807) is 17.1 Å². The van der Waals surface area contributed by atoms with Crippen molar-refractivity contribution in [3.63, 3.8) is 0 Å². The standard InChI is InChI=1S/C26H26FN7O6S/c1-5-38-16(4)33-12-17(11-29-33)23-24(39-15(2)3)25-31-26(32-34(25)14-28-23)30-21-8-7-19(10-20(21)27)41(36,37)22-9-6-18(13-35)40-22/h6-16H,5H2,1-4H3,(H,30,32). The molecule has 0 aliphatic heterocycles. The summed E-state index contributed by atoms with van der Waals surface area (Å²) in [4.78, 5) is 19.5. The molecule has 0 aliphatic carbocycles. The fourth-order valence-electron chi connectivity index (χ4n) is 3.96. The van der Waals surface area contributed by atoms with E-state index in [0.717, 1.165) is 12.1 Å². The fourth-order valence-corrected chi connectivity index (χ4v) is 5.15. The van der Waals surface area contributed by atoms with E-state index in [9.17, 15) is 13.2 Å². The molecule has 0 amide bonds. The highest BCUT2D eigenvalue weighted by atomic mass is 32.2. The summed E-state index contributed by atoms with van der Waals surface area (Å²) < 4.78 is 60.3. The monoisotopic (exact) mass is 583 g/mol. The van der Waals surface area contributed by atoms with Crippen LogP contribution in [-0.4, -0.2) is 56.8 Å². The first-order chi connectivity index (χ1) is 19.6. The predicted octanol–water partition coefficient (Wildman–Crippen LogP) is 4.45. The molecule has 15 heteroatoms. The summed E-state index contributed by atoms with van der Waals surface area (Å²) in [6, 6.07) is 5.62. The third-order valence-corrected chi connectivity index (χ3v) is 7.46. The molecule has 5 aromatic rings. The molecular weight excluding hydrogens is 557 g/mol. The number of ether oxygens (including phenoxy) is 2.